The van der Waals surface area contributed by atoms with Crippen molar-refractivity contribution in [3.05, 3.63) is 41.6 Å². The molecule has 1 aromatic carbocycles. The third-order valence-corrected chi connectivity index (χ3v) is 3.24. The Bertz CT molecular complexity index is 488. The number of hydrogen-bond acceptors (Lipinski definition) is 1. The molecule has 0 aliphatic heterocycles. The van der Waals surface area contributed by atoms with Crippen molar-refractivity contribution in [2.45, 2.75) is 25.7 Å². The summed E-state index contributed by atoms with van der Waals surface area (Å²) in [5, 5.41) is 1.28. The highest BCUT2D eigenvalue weighted by atomic mass is 14.6. The Kier molecular flexibility index (Phi) is 1.60. The second kappa shape index (κ2) is 2.81. The highest BCUT2D eigenvalue weighted by Crippen LogP contribution is 2.34. The maximum Gasteiger partial charge on any atom is 0.0704 e. The molecule has 0 fully saturated rings. The van der Waals surface area contributed by atoms with Crippen molar-refractivity contribution in [3.8, 4) is 0 Å². The summed E-state index contributed by atoms with van der Waals surface area (Å²) in [6.07, 6.45) is 4.40. The molecule has 0 spiro atoms. The van der Waals surface area contributed by atoms with E-state index >= 15 is 0 Å². The molecule has 0 N–H and O–H groups in total. The van der Waals surface area contributed by atoms with Crippen LogP contribution < -0.4 is 0 Å². The van der Waals surface area contributed by atoms with Gasteiger partial charge in [0.15, 0.2) is 0 Å². The molecular weight excluding hydrogens is 170 g/mol. The molecule has 0 saturated heterocycles. The molecule has 1 heteroatoms. The average Bonchev–Trinajstić information content (AvgIpc) is 2.57. The van der Waals surface area contributed by atoms with Gasteiger partial charge in [-0.1, -0.05) is 13.0 Å². The van der Waals surface area contributed by atoms with Crippen LogP contribution in [-0.2, 0) is 6.42 Å². The van der Waals surface area contributed by atoms with Crippen LogP contribution in [0, 0.1) is 0 Å². The summed E-state index contributed by atoms with van der Waals surface area (Å²) >= 11 is 0. The predicted molar refractivity (Wildman–Crippen MR) is 58.5 cm³/mol. The topological polar surface area (TPSA) is 12.9 Å². The van der Waals surface area contributed by atoms with Crippen LogP contribution in [0.5, 0.6) is 0 Å². The number of nitrogens with zero attached hydrogens (tertiary/aromatic N) is 1. The molecule has 1 aliphatic rings. The van der Waals surface area contributed by atoms with E-state index in [0.29, 0.717) is 0 Å². The molecule has 0 bridgehead atoms. The van der Waals surface area contributed by atoms with E-state index in [1.165, 1.54) is 29.4 Å². The molecule has 1 atom stereocenters. The smallest absolute Gasteiger partial charge is 0.0704 e. The minimum absolute atomic E-state index is 0.719. The van der Waals surface area contributed by atoms with Crippen LogP contribution in [0.4, 0.5) is 0 Å². The van der Waals surface area contributed by atoms with Gasteiger partial charge in [-0.2, -0.15) is 0 Å². The van der Waals surface area contributed by atoms with Gasteiger partial charge in [-0.3, -0.25) is 4.98 Å². The average molecular weight is 183 g/mol. The summed E-state index contributed by atoms with van der Waals surface area (Å²) in [5.74, 6) is 0.719. The van der Waals surface area contributed by atoms with Gasteiger partial charge >= 0.3 is 0 Å². The zero-order valence-corrected chi connectivity index (χ0v) is 8.33. The number of pyridine rings is 1. The van der Waals surface area contributed by atoms with Crippen LogP contribution in [0.15, 0.2) is 30.5 Å². The van der Waals surface area contributed by atoms with Crippen molar-refractivity contribution >= 4 is 10.9 Å². The Morgan fingerprint density at radius 1 is 1.36 bits per heavy atom. The molecule has 0 radical (unpaired) electrons. The van der Waals surface area contributed by atoms with Gasteiger partial charge in [0.05, 0.1) is 5.52 Å². The largest absolute Gasteiger partial charge is 0.256 e. The van der Waals surface area contributed by atoms with E-state index in [-0.39, 0.29) is 0 Å². The quantitative estimate of drug-likeness (QED) is 0.610. The lowest BCUT2D eigenvalue weighted by molar-refractivity contribution is 0.747. The first-order chi connectivity index (χ1) is 6.84. The first kappa shape index (κ1) is 7.98. The van der Waals surface area contributed by atoms with Crippen molar-refractivity contribution in [1.29, 1.82) is 0 Å². The molecule has 3 rings (SSSR count). The van der Waals surface area contributed by atoms with E-state index in [0.717, 1.165) is 11.4 Å². The lowest BCUT2D eigenvalue weighted by Gasteiger charge is -2.05. The first-order valence-corrected chi connectivity index (χ1v) is 5.22. The van der Waals surface area contributed by atoms with Gasteiger partial charge < -0.3 is 0 Å². The fourth-order valence-electron chi connectivity index (χ4n) is 2.39. The number of hydrogen-bond donors (Lipinski definition) is 0. The fraction of sp³-hybridized carbons (Fsp3) is 0.308. The minimum atomic E-state index is 0.719. The number of benzene rings is 1. The molecule has 1 heterocycles. The SMILES string of the molecule is CC1CCc2cc3cccnc3cc21. The van der Waals surface area contributed by atoms with Crippen molar-refractivity contribution < 1.29 is 0 Å². The van der Waals surface area contributed by atoms with Crippen molar-refractivity contribution in [3.63, 3.8) is 0 Å². The lowest BCUT2D eigenvalue weighted by atomic mass is 10.0. The summed E-state index contributed by atoms with van der Waals surface area (Å²) in [5.41, 5.74) is 4.18. The maximum absolute atomic E-state index is 4.39. The third-order valence-electron chi connectivity index (χ3n) is 3.24. The molecular formula is C13H13N. The first-order valence-electron chi connectivity index (χ1n) is 5.22. The van der Waals surface area contributed by atoms with Crippen LogP contribution in [0.25, 0.3) is 10.9 Å². The van der Waals surface area contributed by atoms with E-state index in [2.05, 4.69) is 30.1 Å². The molecule has 0 amide bonds. The Hall–Kier alpha value is -1.37. The van der Waals surface area contributed by atoms with Crippen molar-refractivity contribution in [2.24, 2.45) is 0 Å². The van der Waals surface area contributed by atoms with E-state index in [9.17, 15) is 0 Å². The Morgan fingerprint density at radius 2 is 2.29 bits per heavy atom. The van der Waals surface area contributed by atoms with Crippen LogP contribution in [0.2, 0.25) is 0 Å². The Balaban J connectivity index is 2.33. The fourth-order valence-corrected chi connectivity index (χ4v) is 2.39. The summed E-state index contributed by atoms with van der Waals surface area (Å²) in [7, 11) is 0. The van der Waals surface area contributed by atoms with Crippen molar-refractivity contribution in [1.82, 2.24) is 4.98 Å². The summed E-state index contributed by atoms with van der Waals surface area (Å²) < 4.78 is 0. The molecule has 0 saturated carbocycles. The zero-order chi connectivity index (χ0) is 9.54. The van der Waals surface area contributed by atoms with E-state index < -0.39 is 0 Å². The summed E-state index contributed by atoms with van der Waals surface area (Å²) in [6, 6.07) is 8.72. The van der Waals surface area contributed by atoms with Gasteiger partial charge in [0.1, 0.15) is 0 Å². The molecule has 1 aliphatic carbocycles. The molecule has 1 unspecified atom stereocenters. The van der Waals surface area contributed by atoms with Gasteiger partial charge in [0, 0.05) is 11.6 Å². The van der Waals surface area contributed by atoms with Gasteiger partial charge in [-0.25, -0.2) is 0 Å². The van der Waals surface area contributed by atoms with E-state index in [4.69, 9.17) is 0 Å². The summed E-state index contributed by atoms with van der Waals surface area (Å²) in [4.78, 5) is 4.39. The van der Waals surface area contributed by atoms with E-state index in [1.54, 1.807) is 0 Å². The molecule has 2 aromatic rings. The Morgan fingerprint density at radius 3 is 3.21 bits per heavy atom. The number of rotatable bonds is 0. The van der Waals surface area contributed by atoms with Gasteiger partial charge in [0.2, 0.25) is 0 Å². The maximum atomic E-state index is 4.39. The second-order valence-corrected chi connectivity index (χ2v) is 4.19. The predicted octanol–water partition coefficient (Wildman–Crippen LogP) is 3.28. The van der Waals surface area contributed by atoms with Crippen LogP contribution in [0.1, 0.15) is 30.4 Å². The zero-order valence-electron chi connectivity index (χ0n) is 8.33. The van der Waals surface area contributed by atoms with Crippen LogP contribution in [0.3, 0.4) is 0 Å². The number of aromatic nitrogens is 1. The van der Waals surface area contributed by atoms with Gasteiger partial charge in [0.25, 0.3) is 0 Å². The van der Waals surface area contributed by atoms with Crippen molar-refractivity contribution in [2.75, 3.05) is 0 Å². The molecule has 1 nitrogen and oxygen atoms in total. The van der Waals surface area contributed by atoms with Crippen LogP contribution in [-0.4, -0.2) is 4.98 Å². The van der Waals surface area contributed by atoms with Gasteiger partial charge in [-0.15, -0.1) is 0 Å². The molecule has 1 aromatic heterocycles. The highest BCUT2D eigenvalue weighted by Gasteiger charge is 2.18. The normalized spacial score (nSPS) is 19.9. The third kappa shape index (κ3) is 1.05. The van der Waals surface area contributed by atoms with Gasteiger partial charge in [-0.05, 0) is 48.1 Å². The standard InChI is InChI=1S/C13H13N/c1-9-4-5-10-7-11-3-2-6-14-13(11)8-12(9)10/h2-3,6-9H,4-5H2,1H3. The highest BCUT2D eigenvalue weighted by molar-refractivity contribution is 5.80. The van der Waals surface area contributed by atoms with E-state index in [1.807, 2.05) is 12.3 Å². The number of fused-ring (bicyclic) bond motifs is 2. The molecule has 14 heavy (non-hydrogen) atoms. The Labute approximate surface area is 83.8 Å². The molecule has 70 valence electrons. The lowest BCUT2D eigenvalue weighted by Crippen LogP contribution is -1.88. The number of aryl methyl sites for hydroxylation is 1. The minimum Gasteiger partial charge on any atom is -0.256 e. The summed E-state index contributed by atoms with van der Waals surface area (Å²) in [6.45, 7) is 2.31. The second-order valence-electron chi connectivity index (χ2n) is 4.19. The monoisotopic (exact) mass is 183 g/mol. The van der Waals surface area contributed by atoms with Crippen LogP contribution >= 0.6 is 0 Å².